The largest absolute Gasteiger partial charge is 0.497 e. The van der Waals surface area contributed by atoms with E-state index in [1.54, 1.807) is 7.11 Å². The van der Waals surface area contributed by atoms with Crippen LogP contribution in [-0.2, 0) is 0 Å². The molecule has 112 valence electrons. The summed E-state index contributed by atoms with van der Waals surface area (Å²) in [4.78, 5) is 1.31. The number of rotatable bonds is 7. The molecule has 0 saturated heterocycles. The van der Waals surface area contributed by atoms with Gasteiger partial charge in [0, 0.05) is 16.7 Å². The molecule has 3 heteroatoms. The van der Waals surface area contributed by atoms with Crippen LogP contribution in [0.2, 0.25) is 0 Å². The van der Waals surface area contributed by atoms with Gasteiger partial charge in [-0.2, -0.15) is 0 Å². The van der Waals surface area contributed by atoms with Crippen molar-refractivity contribution in [1.82, 2.24) is 5.32 Å². The first-order chi connectivity index (χ1) is 10.2. The van der Waals surface area contributed by atoms with E-state index < -0.39 is 0 Å². The maximum absolute atomic E-state index is 5.32. The third-order valence-corrected chi connectivity index (χ3v) is 4.49. The molecule has 1 N–H and O–H groups in total. The molecule has 1 unspecified atom stereocenters. The summed E-state index contributed by atoms with van der Waals surface area (Å²) in [5.74, 6) is 1.92. The van der Waals surface area contributed by atoms with Crippen LogP contribution in [0.25, 0.3) is 0 Å². The topological polar surface area (TPSA) is 21.3 Å². The Morgan fingerprint density at radius 2 is 1.90 bits per heavy atom. The van der Waals surface area contributed by atoms with E-state index in [1.807, 2.05) is 17.8 Å². The van der Waals surface area contributed by atoms with Gasteiger partial charge in [-0.1, -0.05) is 36.8 Å². The Morgan fingerprint density at radius 3 is 2.57 bits per heavy atom. The molecule has 0 fully saturated rings. The molecule has 2 nitrogen and oxygen atoms in total. The second kappa shape index (κ2) is 8.11. The van der Waals surface area contributed by atoms with Gasteiger partial charge < -0.3 is 10.1 Å². The molecule has 21 heavy (non-hydrogen) atoms. The third kappa shape index (κ3) is 4.80. The molecule has 0 aliphatic rings. The number of benzene rings is 2. The van der Waals surface area contributed by atoms with Gasteiger partial charge in [-0.05, 0) is 43.3 Å². The molecule has 2 aromatic carbocycles. The minimum Gasteiger partial charge on any atom is -0.497 e. The summed E-state index contributed by atoms with van der Waals surface area (Å²) in [6.07, 6.45) is 0. The normalized spacial score (nSPS) is 12.1. The molecule has 1 atom stereocenters. The van der Waals surface area contributed by atoms with E-state index in [9.17, 15) is 0 Å². The molecule has 0 amide bonds. The Hall–Kier alpha value is -1.45. The number of hydrogen-bond donors (Lipinski definition) is 1. The predicted octanol–water partition coefficient (Wildman–Crippen LogP) is 4.45. The lowest BCUT2D eigenvalue weighted by atomic mass is 10.1. The highest BCUT2D eigenvalue weighted by molar-refractivity contribution is 7.99. The van der Waals surface area contributed by atoms with Crippen molar-refractivity contribution >= 4 is 11.8 Å². The zero-order valence-corrected chi connectivity index (χ0v) is 13.7. The summed E-state index contributed by atoms with van der Waals surface area (Å²) in [6, 6.07) is 17.3. The van der Waals surface area contributed by atoms with Crippen LogP contribution in [0.15, 0.2) is 53.4 Å². The number of hydrogen-bond acceptors (Lipinski definition) is 3. The Balaban J connectivity index is 2.05. The highest BCUT2D eigenvalue weighted by atomic mass is 32.2. The van der Waals surface area contributed by atoms with Gasteiger partial charge in [0.15, 0.2) is 0 Å². The van der Waals surface area contributed by atoms with Gasteiger partial charge in [0.25, 0.3) is 0 Å². The van der Waals surface area contributed by atoms with Crippen LogP contribution in [0.3, 0.4) is 0 Å². The molecule has 0 radical (unpaired) electrons. The first kappa shape index (κ1) is 15.9. The van der Waals surface area contributed by atoms with Gasteiger partial charge in [0.05, 0.1) is 7.11 Å². The SMILES string of the molecule is CCNC(CSc1ccc(C)cc1)c1cccc(OC)c1. The van der Waals surface area contributed by atoms with Gasteiger partial charge in [-0.3, -0.25) is 0 Å². The first-order valence-corrected chi connectivity index (χ1v) is 8.28. The molecule has 2 aromatic rings. The molecule has 0 aliphatic carbocycles. The predicted molar refractivity (Wildman–Crippen MR) is 91.3 cm³/mol. The Labute approximate surface area is 131 Å². The van der Waals surface area contributed by atoms with Crippen molar-refractivity contribution in [2.24, 2.45) is 0 Å². The van der Waals surface area contributed by atoms with Gasteiger partial charge in [-0.25, -0.2) is 0 Å². The average Bonchev–Trinajstić information content (AvgIpc) is 2.53. The average molecular weight is 301 g/mol. The van der Waals surface area contributed by atoms with Crippen molar-refractivity contribution < 1.29 is 4.74 Å². The van der Waals surface area contributed by atoms with Crippen LogP contribution in [0, 0.1) is 6.92 Å². The quantitative estimate of drug-likeness (QED) is 0.764. The van der Waals surface area contributed by atoms with Gasteiger partial charge in [0.2, 0.25) is 0 Å². The summed E-state index contributed by atoms with van der Waals surface area (Å²) in [5.41, 5.74) is 2.58. The fraction of sp³-hybridized carbons (Fsp3) is 0.333. The number of nitrogens with one attached hydrogen (secondary N) is 1. The van der Waals surface area contributed by atoms with E-state index >= 15 is 0 Å². The van der Waals surface area contributed by atoms with Crippen LogP contribution in [-0.4, -0.2) is 19.4 Å². The standard InChI is InChI=1S/C18H23NOS/c1-4-19-18(15-6-5-7-16(12-15)20-3)13-21-17-10-8-14(2)9-11-17/h5-12,18-19H,4,13H2,1-3H3. The molecular weight excluding hydrogens is 278 g/mol. The van der Waals surface area contributed by atoms with Gasteiger partial charge in [0.1, 0.15) is 5.75 Å². The third-order valence-electron chi connectivity index (χ3n) is 3.38. The van der Waals surface area contributed by atoms with Gasteiger partial charge >= 0.3 is 0 Å². The molecule has 0 aromatic heterocycles. The number of thioether (sulfide) groups is 1. The van der Waals surface area contributed by atoms with E-state index in [-0.39, 0.29) is 0 Å². The maximum atomic E-state index is 5.32. The number of ether oxygens (including phenoxy) is 1. The Bertz CT molecular complexity index is 553. The second-order valence-electron chi connectivity index (χ2n) is 5.01. The van der Waals surface area contributed by atoms with Crippen molar-refractivity contribution in [1.29, 1.82) is 0 Å². The smallest absolute Gasteiger partial charge is 0.119 e. The summed E-state index contributed by atoms with van der Waals surface area (Å²) in [7, 11) is 1.71. The molecule has 2 rings (SSSR count). The van der Waals surface area contributed by atoms with Gasteiger partial charge in [-0.15, -0.1) is 11.8 Å². The van der Waals surface area contributed by atoms with Crippen molar-refractivity contribution in [3.05, 3.63) is 59.7 Å². The van der Waals surface area contributed by atoms with E-state index in [4.69, 9.17) is 4.74 Å². The van der Waals surface area contributed by atoms with Crippen LogP contribution >= 0.6 is 11.8 Å². The molecule has 0 spiro atoms. The minimum atomic E-state index is 0.330. The number of aryl methyl sites for hydroxylation is 1. The maximum Gasteiger partial charge on any atom is 0.119 e. The van der Waals surface area contributed by atoms with Crippen LogP contribution in [0.1, 0.15) is 24.1 Å². The Kier molecular flexibility index (Phi) is 6.15. The van der Waals surface area contributed by atoms with Crippen LogP contribution < -0.4 is 10.1 Å². The lowest BCUT2D eigenvalue weighted by Gasteiger charge is -2.18. The lowest BCUT2D eigenvalue weighted by molar-refractivity contribution is 0.413. The first-order valence-electron chi connectivity index (χ1n) is 7.29. The summed E-state index contributed by atoms with van der Waals surface area (Å²) >= 11 is 1.88. The van der Waals surface area contributed by atoms with Crippen molar-refractivity contribution in [3.8, 4) is 5.75 Å². The monoisotopic (exact) mass is 301 g/mol. The molecule has 0 aliphatic heterocycles. The summed E-state index contributed by atoms with van der Waals surface area (Å²) in [6.45, 7) is 5.21. The molecule has 0 saturated carbocycles. The van der Waals surface area contributed by atoms with Crippen molar-refractivity contribution in [2.75, 3.05) is 19.4 Å². The highest BCUT2D eigenvalue weighted by Gasteiger charge is 2.11. The van der Waals surface area contributed by atoms with E-state index in [2.05, 4.69) is 61.6 Å². The zero-order valence-electron chi connectivity index (χ0n) is 12.9. The number of methoxy groups -OCH3 is 1. The lowest BCUT2D eigenvalue weighted by Crippen LogP contribution is -2.22. The van der Waals surface area contributed by atoms with Crippen molar-refractivity contribution in [2.45, 2.75) is 24.8 Å². The van der Waals surface area contributed by atoms with E-state index in [0.717, 1.165) is 18.0 Å². The molecule has 0 bridgehead atoms. The fourth-order valence-electron chi connectivity index (χ4n) is 2.19. The fourth-order valence-corrected chi connectivity index (χ4v) is 3.19. The van der Waals surface area contributed by atoms with Crippen LogP contribution in [0.5, 0.6) is 5.75 Å². The van der Waals surface area contributed by atoms with Crippen LogP contribution in [0.4, 0.5) is 0 Å². The minimum absolute atomic E-state index is 0.330. The van der Waals surface area contributed by atoms with Crippen molar-refractivity contribution in [3.63, 3.8) is 0 Å². The zero-order chi connectivity index (χ0) is 15.1. The van der Waals surface area contributed by atoms with E-state index in [0.29, 0.717) is 6.04 Å². The molecule has 0 heterocycles. The highest BCUT2D eigenvalue weighted by Crippen LogP contribution is 2.26. The molecular formula is C18H23NOS. The summed E-state index contributed by atoms with van der Waals surface area (Å²) in [5, 5.41) is 3.56. The summed E-state index contributed by atoms with van der Waals surface area (Å²) < 4.78 is 5.32. The Morgan fingerprint density at radius 1 is 1.14 bits per heavy atom. The van der Waals surface area contributed by atoms with E-state index in [1.165, 1.54) is 16.0 Å². The second-order valence-corrected chi connectivity index (χ2v) is 6.10.